The van der Waals surface area contributed by atoms with E-state index in [1.54, 1.807) is 0 Å². The highest BCUT2D eigenvalue weighted by molar-refractivity contribution is 6.01. The number of likely N-dealkylation sites (tertiary alicyclic amines) is 2. The van der Waals surface area contributed by atoms with E-state index >= 15 is 0 Å². The first kappa shape index (κ1) is 38.0. The quantitative estimate of drug-likeness (QED) is 0.118. The van der Waals surface area contributed by atoms with E-state index in [0.29, 0.717) is 0 Å². The van der Waals surface area contributed by atoms with Crippen molar-refractivity contribution in [3.05, 3.63) is 55.6 Å². The SMILES string of the molecule is COC(=O)C1CN(C(=O)c2cc(OC)c(OCCCOc3cc([N+](=O)[O-])c(C(=O)N4CC(O)C[C@H]4C(=O)OC)cc3OC)cc2[N+](=O)[O-])C[C@@H]1O. The van der Waals surface area contributed by atoms with Crippen molar-refractivity contribution in [1.82, 2.24) is 9.80 Å². The van der Waals surface area contributed by atoms with Crippen LogP contribution < -0.4 is 18.9 Å². The number of nitrogens with zero attached hydrogens (tertiary/aromatic N) is 4. The molecular weight excluding hydrogens is 684 g/mol. The van der Waals surface area contributed by atoms with Gasteiger partial charge >= 0.3 is 11.9 Å². The number of β-amino-alcohol motifs (C(OH)–C–C–N with tert-alkyl or cyclic N) is 2. The number of rotatable bonds is 14. The molecule has 20 nitrogen and oxygen atoms in total. The number of hydrogen-bond acceptors (Lipinski definition) is 16. The van der Waals surface area contributed by atoms with Crippen LogP contribution in [-0.4, -0.2) is 133 Å². The van der Waals surface area contributed by atoms with Gasteiger partial charge in [-0.25, -0.2) is 4.79 Å². The molecule has 2 aromatic rings. The normalized spacial score (nSPS) is 19.6. The molecule has 276 valence electrons. The Morgan fingerprint density at radius 1 is 0.745 bits per heavy atom. The lowest BCUT2D eigenvalue weighted by Gasteiger charge is -2.22. The predicted octanol–water partition coefficient (Wildman–Crippen LogP) is 0.722. The maximum Gasteiger partial charge on any atom is 0.328 e. The summed E-state index contributed by atoms with van der Waals surface area (Å²) in [7, 11) is 4.76. The van der Waals surface area contributed by atoms with Crippen LogP contribution in [0.15, 0.2) is 24.3 Å². The van der Waals surface area contributed by atoms with Crippen LogP contribution in [0.3, 0.4) is 0 Å². The van der Waals surface area contributed by atoms with Crippen molar-refractivity contribution < 1.29 is 67.7 Å². The average Bonchev–Trinajstić information content (AvgIpc) is 3.71. The summed E-state index contributed by atoms with van der Waals surface area (Å²) < 4.78 is 31.3. The van der Waals surface area contributed by atoms with Crippen LogP contribution in [0.5, 0.6) is 23.0 Å². The fraction of sp³-hybridized carbons (Fsp3) is 0.484. The van der Waals surface area contributed by atoms with E-state index in [1.807, 2.05) is 0 Å². The van der Waals surface area contributed by atoms with Crippen molar-refractivity contribution in [3.63, 3.8) is 0 Å². The maximum absolute atomic E-state index is 13.4. The molecule has 0 saturated carbocycles. The van der Waals surface area contributed by atoms with Gasteiger partial charge in [0.15, 0.2) is 23.0 Å². The first-order valence-electron chi connectivity index (χ1n) is 15.4. The smallest absolute Gasteiger partial charge is 0.328 e. The number of methoxy groups -OCH3 is 4. The molecule has 4 atom stereocenters. The highest BCUT2D eigenvalue weighted by Crippen LogP contribution is 2.38. The summed E-state index contributed by atoms with van der Waals surface area (Å²) in [5, 5.41) is 44.2. The lowest BCUT2D eigenvalue weighted by atomic mass is 10.1. The Bertz CT molecular complexity index is 1700. The number of ether oxygens (including phenoxy) is 6. The summed E-state index contributed by atoms with van der Waals surface area (Å²) in [4.78, 5) is 75.1. The van der Waals surface area contributed by atoms with Crippen LogP contribution in [0.4, 0.5) is 11.4 Å². The molecule has 2 aliphatic heterocycles. The zero-order valence-electron chi connectivity index (χ0n) is 28.0. The van der Waals surface area contributed by atoms with Gasteiger partial charge in [0.2, 0.25) is 0 Å². The van der Waals surface area contributed by atoms with E-state index < -0.39 is 74.7 Å². The molecule has 2 saturated heterocycles. The van der Waals surface area contributed by atoms with Crippen molar-refractivity contribution in [2.24, 2.45) is 5.92 Å². The minimum Gasteiger partial charge on any atom is -0.493 e. The van der Waals surface area contributed by atoms with Crippen molar-refractivity contribution in [2.75, 3.05) is 61.3 Å². The number of aliphatic hydroxyl groups is 2. The fourth-order valence-electron chi connectivity index (χ4n) is 5.77. The largest absolute Gasteiger partial charge is 0.493 e. The molecular formula is C31H36N4O16. The predicted molar refractivity (Wildman–Crippen MR) is 170 cm³/mol. The minimum atomic E-state index is -1.22. The number of hydrogen-bond donors (Lipinski definition) is 2. The Labute approximate surface area is 289 Å². The van der Waals surface area contributed by atoms with E-state index in [-0.39, 0.29) is 74.3 Å². The zero-order chi connectivity index (χ0) is 37.6. The number of carbonyl (C=O) groups is 4. The number of nitro benzene ring substituents is 2. The Morgan fingerprint density at radius 3 is 1.73 bits per heavy atom. The van der Waals surface area contributed by atoms with Crippen LogP contribution in [-0.2, 0) is 19.1 Å². The molecule has 0 radical (unpaired) electrons. The summed E-state index contributed by atoms with van der Waals surface area (Å²) in [5.41, 5.74) is -2.03. The van der Waals surface area contributed by atoms with Gasteiger partial charge in [0.1, 0.15) is 23.1 Å². The highest BCUT2D eigenvalue weighted by Gasteiger charge is 2.43. The molecule has 0 spiro atoms. The summed E-state index contributed by atoms with van der Waals surface area (Å²) in [5.74, 6) is -4.48. The number of aliphatic hydroxyl groups excluding tert-OH is 2. The summed E-state index contributed by atoms with van der Waals surface area (Å²) >= 11 is 0. The van der Waals surface area contributed by atoms with Gasteiger partial charge in [-0.1, -0.05) is 0 Å². The zero-order valence-corrected chi connectivity index (χ0v) is 28.0. The lowest BCUT2D eigenvalue weighted by Crippen LogP contribution is -2.41. The number of esters is 2. The molecule has 2 aliphatic rings. The third kappa shape index (κ3) is 8.18. The van der Waals surface area contributed by atoms with E-state index in [1.165, 1.54) is 14.2 Å². The average molecular weight is 721 g/mol. The van der Waals surface area contributed by atoms with Gasteiger partial charge in [-0.2, -0.15) is 0 Å². The van der Waals surface area contributed by atoms with Crippen LogP contribution >= 0.6 is 0 Å². The van der Waals surface area contributed by atoms with Gasteiger partial charge in [-0.15, -0.1) is 0 Å². The second-order valence-electron chi connectivity index (χ2n) is 11.4. The molecule has 2 aromatic carbocycles. The van der Waals surface area contributed by atoms with Gasteiger partial charge < -0.3 is 48.4 Å². The molecule has 4 rings (SSSR count). The molecule has 0 aromatic heterocycles. The van der Waals surface area contributed by atoms with Crippen molar-refractivity contribution >= 4 is 35.1 Å². The molecule has 2 N–H and O–H groups in total. The first-order valence-corrected chi connectivity index (χ1v) is 15.4. The standard InChI is InChI=1S/C31H36N4O16/c1-46-24-9-17(28(38)32-14-19(23(37)15-32)30(40)48-3)20(34(42)43)11-26(24)50-6-5-7-51-27-12-21(35(44)45)18(10-25(27)47-2)29(39)33-13-16(36)8-22(33)31(41)49-4/h9-12,16,19,22-23,36-37H,5-8,13-15H2,1-4H3/t16?,19?,22-,23-/m0/s1. The number of carbonyl (C=O) groups excluding carboxylic acids is 4. The van der Waals surface area contributed by atoms with Gasteiger partial charge in [0, 0.05) is 44.6 Å². The lowest BCUT2D eigenvalue weighted by molar-refractivity contribution is -0.385. The highest BCUT2D eigenvalue weighted by atomic mass is 16.6. The van der Waals surface area contributed by atoms with Crippen molar-refractivity contribution in [2.45, 2.75) is 31.1 Å². The summed E-state index contributed by atoms with van der Waals surface area (Å²) in [6.45, 7) is -0.919. The topological polar surface area (TPSA) is 257 Å². The summed E-state index contributed by atoms with van der Waals surface area (Å²) in [6.07, 6.45) is -2.23. The van der Waals surface area contributed by atoms with Gasteiger partial charge in [-0.05, 0) is 0 Å². The monoisotopic (exact) mass is 720 g/mol. The Morgan fingerprint density at radius 2 is 1.25 bits per heavy atom. The molecule has 0 aliphatic carbocycles. The second kappa shape index (κ2) is 16.3. The third-order valence-corrected chi connectivity index (χ3v) is 8.32. The Hall–Kier alpha value is -5.76. The van der Waals surface area contributed by atoms with E-state index in [0.717, 1.165) is 48.3 Å². The van der Waals surface area contributed by atoms with Crippen molar-refractivity contribution in [1.29, 1.82) is 0 Å². The molecule has 2 unspecified atom stereocenters. The molecule has 2 fully saturated rings. The number of amides is 2. The van der Waals surface area contributed by atoms with Crippen molar-refractivity contribution in [3.8, 4) is 23.0 Å². The van der Waals surface area contributed by atoms with E-state index in [2.05, 4.69) is 4.74 Å². The Kier molecular flexibility index (Phi) is 12.2. The van der Waals surface area contributed by atoms with Crippen LogP contribution in [0.25, 0.3) is 0 Å². The fourth-order valence-corrected chi connectivity index (χ4v) is 5.77. The van der Waals surface area contributed by atoms with Crippen LogP contribution in [0.2, 0.25) is 0 Å². The Balaban J connectivity index is 1.45. The minimum absolute atomic E-state index is 0.0216. The van der Waals surface area contributed by atoms with E-state index in [9.17, 15) is 49.6 Å². The molecule has 51 heavy (non-hydrogen) atoms. The van der Waals surface area contributed by atoms with E-state index in [4.69, 9.17) is 23.7 Å². The molecule has 20 heteroatoms. The van der Waals surface area contributed by atoms with Gasteiger partial charge in [0.05, 0.1) is 75.8 Å². The van der Waals surface area contributed by atoms with Gasteiger partial charge in [-0.3, -0.25) is 34.6 Å². The molecule has 2 heterocycles. The molecule has 2 amide bonds. The van der Waals surface area contributed by atoms with Crippen LogP contribution in [0.1, 0.15) is 33.6 Å². The molecule has 0 bridgehead atoms. The number of benzene rings is 2. The second-order valence-corrected chi connectivity index (χ2v) is 11.4. The first-order chi connectivity index (χ1) is 24.3. The number of nitro groups is 2. The third-order valence-electron chi connectivity index (χ3n) is 8.32. The van der Waals surface area contributed by atoms with Crippen LogP contribution in [0, 0.1) is 26.1 Å². The summed E-state index contributed by atoms with van der Waals surface area (Å²) in [6, 6.07) is 3.06. The maximum atomic E-state index is 13.4. The van der Waals surface area contributed by atoms with Gasteiger partial charge in [0.25, 0.3) is 23.2 Å².